The molecule has 5 nitrogen and oxygen atoms in total. The third-order valence-corrected chi connectivity index (χ3v) is 6.24. The first-order valence-electron chi connectivity index (χ1n) is 9.58. The van der Waals surface area contributed by atoms with Gasteiger partial charge in [0.1, 0.15) is 0 Å². The van der Waals surface area contributed by atoms with Crippen molar-refractivity contribution in [3.05, 3.63) is 46.5 Å². The van der Waals surface area contributed by atoms with E-state index < -0.39 is 0 Å². The number of hydrogen-bond donors (Lipinski definition) is 2. The number of aromatic nitrogens is 1. The molecule has 6 heteroatoms. The van der Waals surface area contributed by atoms with E-state index in [0.29, 0.717) is 18.0 Å². The Hall–Kier alpha value is -1.92. The van der Waals surface area contributed by atoms with Gasteiger partial charge in [-0.2, -0.15) is 0 Å². The zero-order valence-electron chi connectivity index (χ0n) is 15.0. The number of rotatable bonds is 5. The van der Waals surface area contributed by atoms with Gasteiger partial charge in [0.05, 0.1) is 12.2 Å². The second-order valence-corrected chi connectivity index (χ2v) is 8.00. The highest BCUT2D eigenvalue weighted by molar-refractivity contribution is 7.13. The van der Waals surface area contributed by atoms with Crippen LogP contribution in [0.1, 0.15) is 53.2 Å². The van der Waals surface area contributed by atoms with Crippen LogP contribution < -0.4 is 15.5 Å². The van der Waals surface area contributed by atoms with Crippen molar-refractivity contribution in [2.75, 3.05) is 31.1 Å². The van der Waals surface area contributed by atoms with Crippen LogP contribution in [-0.4, -0.2) is 37.1 Å². The largest absolute Gasteiger partial charge is 0.348 e. The highest BCUT2D eigenvalue weighted by Crippen LogP contribution is 2.25. The third kappa shape index (κ3) is 4.07. The minimum Gasteiger partial charge on any atom is -0.348 e. The quantitative estimate of drug-likeness (QED) is 0.849. The van der Waals surface area contributed by atoms with Gasteiger partial charge in [-0.1, -0.05) is 12.1 Å². The fourth-order valence-electron chi connectivity index (χ4n) is 3.75. The molecule has 4 rings (SSSR count). The second kappa shape index (κ2) is 8.18. The molecule has 3 heterocycles. The maximum atomic E-state index is 12.4. The fourth-order valence-corrected chi connectivity index (χ4v) is 4.63. The van der Waals surface area contributed by atoms with Crippen LogP contribution in [0.2, 0.25) is 0 Å². The van der Waals surface area contributed by atoms with Gasteiger partial charge in [0, 0.05) is 30.6 Å². The molecule has 1 unspecified atom stereocenters. The molecule has 0 bridgehead atoms. The van der Waals surface area contributed by atoms with E-state index >= 15 is 0 Å². The van der Waals surface area contributed by atoms with Gasteiger partial charge in [-0.15, -0.1) is 11.3 Å². The SMILES string of the molecule is O=C(NCc1csc(N2CCCC2)n1)c1ccc(C2CCCNC2)cc1. The number of anilines is 1. The Balaban J connectivity index is 1.31. The molecule has 2 saturated heterocycles. The van der Waals surface area contributed by atoms with E-state index in [4.69, 9.17) is 0 Å². The van der Waals surface area contributed by atoms with Crippen molar-refractivity contribution in [2.24, 2.45) is 0 Å². The Morgan fingerprint density at radius 2 is 2.04 bits per heavy atom. The Morgan fingerprint density at radius 3 is 2.77 bits per heavy atom. The van der Waals surface area contributed by atoms with E-state index in [2.05, 4.69) is 32.7 Å². The molecule has 2 aliphatic heterocycles. The Bertz CT molecular complexity index is 731. The number of piperidine rings is 1. The molecule has 2 N–H and O–H groups in total. The second-order valence-electron chi connectivity index (χ2n) is 7.16. The number of thiazole rings is 1. The van der Waals surface area contributed by atoms with Crippen LogP contribution in [0.25, 0.3) is 0 Å². The van der Waals surface area contributed by atoms with Crippen molar-refractivity contribution >= 4 is 22.4 Å². The summed E-state index contributed by atoms with van der Waals surface area (Å²) in [7, 11) is 0. The molecule has 0 saturated carbocycles. The van der Waals surface area contributed by atoms with Crippen molar-refractivity contribution < 1.29 is 4.79 Å². The molecular weight excluding hydrogens is 344 g/mol. The van der Waals surface area contributed by atoms with Gasteiger partial charge in [-0.05, 0) is 55.8 Å². The number of nitrogens with zero attached hydrogens (tertiary/aromatic N) is 2. The summed E-state index contributed by atoms with van der Waals surface area (Å²) in [5.74, 6) is 0.536. The fraction of sp³-hybridized carbons (Fsp3) is 0.500. The summed E-state index contributed by atoms with van der Waals surface area (Å²) in [4.78, 5) is 19.4. The van der Waals surface area contributed by atoms with Gasteiger partial charge in [-0.25, -0.2) is 4.98 Å². The lowest BCUT2D eigenvalue weighted by atomic mass is 9.91. The Labute approximate surface area is 158 Å². The minimum atomic E-state index is -0.0333. The molecule has 1 atom stereocenters. The zero-order chi connectivity index (χ0) is 17.8. The molecule has 0 spiro atoms. The van der Waals surface area contributed by atoms with Crippen LogP contribution in [-0.2, 0) is 6.54 Å². The standard InChI is InChI=1S/C20H26N4OS/c25-19(16-7-5-15(6-8-16)17-4-3-9-21-12-17)22-13-18-14-26-20(23-18)24-10-1-2-11-24/h5-8,14,17,21H,1-4,9-13H2,(H,22,25). The Kier molecular flexibility index (Phi) is 5.51. The van der Waals surface area contributed by atoms with E-state index in [-0.39, 0.29) is 5.91 Å². The molecule has 2 fully saturated rings. The van der Waals surface area contributed by atoms with Gasteiger partial charge in [-0.3, -0.25) is 4.79 Å². The average molecular weight is 371 g/mol. The highest BCUT2D eigenvalue weighted by Gasteiger charge is 2.17. The van der Waals surface area contributed by atoms with Crippen molar-refractivity contribution in [3.63, 3.8) is 0 Å². The van der Waals surface area contributed by atoms with Gasteiger partial charge < -0.3 is 15.5 Å². The summed E-state index contributed by atoms with van der Waals surface area (Å²) in [6, 6.07) is 8.08. The number of carbonyl (C=O) groups excluding carboxylic acids is 1. The minimum absolute atomic E-state index is 0.0333. The van der Waals surface area contributed by atoms with Crippen molar-refractivity contribution in [3.8, 4) is 0 Å². The zero-order valence-corrected chi connectivity index (χ0v) is 15.9. The highest BCUT2D eigenvalue weighted by atomic mass is 32.1. The molecule has 138 valence electrons. The van der Waals surface area contributed by atoms with E-state index in [1.807, 2.05) is 17.5 Å². The van der Waals surface area contributed by atoms with Crippen LogP contribution in [0.5, 0.6) is 0 Å². The third-order valence-electron chi connectivity index (χ3n) is 5.29. The average Bonchev–Trinajstić information content (AvgIpc) is 3.38. The summed E-state index contributed by atoms with van der Waals surface area (Å²) < 4.78 is 0. The summed E-state index contributed by atoms with van der Waals surface area (Å²) in [6.07, 6.45) is 4.94. The van der Waals surface area contributed by atoms with E-state index in [0.717, 1.165) is 37.0 Å². The molecule has 1 amide bonds. The number of nitrogens with one attached hydrogen (secondary N) is 2. The van der Waals surface area contributed by atoms with Crippen LogP contribution >= 0.6 is 11.3 Å². The maximum absolute atomic E-state index is 12.4. The number of hydrogen-bond acceptors (Lipinski definition) is 5. The lowest BCUT2D eigenvalue weighted by Gasteiger charge is -2.23. The molecule has 0 radical (unpaired) electrons. The topological polar surface area (TPSA) is 57.3 Å². The molecule has 26 heavy (non-hydrogen) atoms. The normalized spacial score (nSPS) is 20.3. The molecule has 1 aromatic carbocycles. The van der Waals surface area contributed by atoms with Crippen LogP contribution in [0.4, 0.5) is 5.13 Å². The Morgan fingerprint density at radius 1 is 1.23 bits per heavy atom. The summed E-state index contributed by atoms with van der Waals surface area (Å²) in [6.45, 7) is 4.84. The van der Waals surface area contributed by atoms with Crippen LogP contribution in [0, 0.1) is 0 Å². The van der Waals surface area contributed by atoms with Gasteiger partial charge in [0.25, 0.3) is 5.91 Å². The summed E-state index contributed by atoms with van der Waals surface area (Å²) in [5, 5.41) is 9.56. The van der Waals surface area contributed by atoms with Crippen molar-refractivity contribution in [1.82, 2.24) is 15.6 Å². The van der Waals surface area contributed by atoms with Gasteiger partial charge in [0.2, 0.25) is 0 Å². The first kappa shape index (κ1) is 17.5. The summed E-state index contributed by atoms with van der Waals surface area (Å²) in [5.41, 5.74) is 2.98. The smallest absolute Gasteiger partial charge is 0.251 e. The molecule has 2 aromatic rings. The predicted octanol–water partition coefficient (Wildman–Crippen LogP) is 3.14. The summed E-state index contributed by atoms with van der Waals surface area (Å²) >= 11 is 1.67. The van der Waals surface area contributed by atoms with Gasteiger partial charge in [0.15, 0.2) is 5.13 Å². The number of carbonyl (C=O) groups is 1. The van der Waals surface area contributed by atoms with Crippen LogP contribution in [0.3, 0.4) is 0 Å². The lowest BCUT2D eigenvalue weighted by molar-refractivity contribution is 0.0950. The predicted molar refractivity (Wildman–Crippen MR) is 106 cm³/mol. The first-order valence-corrected chi connectivity index (χ1v) is 10.5. The van der Waals surface area contributed by atoms with Crippen molar-refractivity contribution in [1.29, 1.82) is 0 Å². The number of amides is 1. The monoisotopic (exact) mass is 370 g/mol. The van der Waals surface area contributed by atoms with Crippen LogP contribution in [0.15, 0.2) is 29.6 Å². The molecule has 1 aromatic heterocycles. The molecular formula is C20H26N4OS. The molecule has 2 aliphatic rings. The number of benzene rings is 1. The van der Waals surface area contributed by atoms with E-state index in [9.17, 15) is 4.79 Å². The maximum Gasteiger partial charge on any atom is 0.251 e. The van der Waals surface area contributed by atoms with E-state index in [1.54, 1.807) is 11.3 Å². The van der Waals surface area contributed by atoms with Crippen molar-refractivity contribution in [2.45, 2.75) is 38.1 Å². The van der Waals surface area contributed by atoms with Gasteiger partial charge >= 0.3 is 0 Å². The van der Waals surface area contributed by atoms with E-state index in [1.165, 1.54) is 31.2 Å². The lowest BCUT2D eigenvalue weighted by Crippen LogP contribution is -2.28. The first-order chi connectivity index (χ1) is 12.8. The molecule has 0 aliphatic carbocycles.